The van der Waals surface area contributed by atoms with Crippen LogP contribution < -0.4 is 16.0 Å². The van der Waals surface area contributed by atoms with Gasteiger partial charge >= 0.3 is 6.18 Å². The highest BCUT2D eigenvalue weighted by molar-refractivity contribution is 5.81. The number of methoxy groups -OCH3 is 1. The van der Waals surface area contributed by atoms with Crippen molar-refractivity contribution in [3.63, 3.8) is 0 Å². The first kappa shape index (κ1) is 20.5. The molecule has 30 heavy (non-hydrogen) atoms. The molecule has 1 aromatic heterocycles. The monoisotopic (exact) mass is 410 g/mol. The topological polar surface area (TPSA) is 105 Å². The highest BCUT2D eigenvalue weighted by Gasteiger charge is 2.31. The second-order valence-electron chi connectivity index (χ2n) is 6.15. The Hall–Kier alpha value is -4.24. The summed E-state index contributed by atoms with van der Waals surface area (Å²) in [7, 11) is 1.46. The maximum atomic E-state index is 13.1. The van der Waals surface area contributed by atoms with Gasteiger partial charge in [0.05, 0.1) is 18.4 Å². The lowest BCUT2D eigenvalue weighted by molar-refractivity contribution is -0.137. The van der Waals surface area contributed by atoms with Crippen LogP contribution in [0.25, 0.3) is 16.8 Å². The fourth-order valence-electron chi connectivity index (χ4n) is 3.03. The van der Waals surface area contributed by atoms with E-state index in [-0.39, 0.29) is 22.6 Å². The second kappa shape index (κ2) is 7.64. The Morgan fingerprint density at radius 3 is 2.20 bits per heavy atom. The number of pyridine rings is 1. The Bertz CT molecular complexity index is 1260. The molecule has 0 amide bonds. The summed E-state index contributed by atoms with van der Waals surface area (Å²) < 4.78 is 45.1. The molecule has 9 heteroatoms. The van der Waals surface area contributed by atoms with E-state index >= 15 is 0 Å². The number of nitriles is 2. The second-order valence-corrected chi connectivity index (χ2v) is 6.15. The van der Waals surface area contributed by atoms with E-state index in [0.29, 0.717) is 11.3 Å². The molecule has 0 saturated heterocycles. The number of halogens is 3. The van der Waals surface area contributed by atoms with Crippen molar-refractivity contribution in [2.75, 3.05) is 12.8 Å². The predicted molar refractivity (Wildman–Crippen MR) is 103 cm³/mol. The van der Waals surface area contributed by atoms with E-state index in [1.54, 1.807) is 30.3 Å². The lowest BCUT2D eigenvalue weighted by Crippen LogP contribution is -2.26. The van der Waals surface area contributed by atoms with E-state index in [4.69, 9.17) is 10.5 Å². The molecule has 0 aliphatic carbocycles. The summed E-state index contributed by atoms with van der Waals surface area (Å²) in [5.74, 6) is 0.146. The number of nitrogen functional groups attached to an aromatic ring is 1. The summed E-state index contributed by atoms with van der Waals surface area (Å²) in [6, 6.07) is 13.8. The number of ether oxygens (including phenoxy) is 1. The van der Waals surface area contributed by atoms with Crippen molar-refractivity contribution in [2.24, 2.45) is 0 Å². The largest absolute Gasteiger partial charge is 0.497 e. The van der Waals surface area contributed by atoms with Gasteiger partial charge in [0.15, 0.2) is 0 Å². The molecule has 0 atom stereocenters. The van der Waals surface area contributed by atoms with Crippen LogP contribution >= 0.6 is 0 Å². The lowest BCUT2D eigenvalue weighted by Gasteiger charge is -2.17. The molecule has 0 fully saturated rings. The molecular formula is C21H13F3N4O2. The number of anilines is 1. The number of rotatable bonds is 3. The Balaban J connectivity index is 2.36. The van der Waals surface area contributed by atoms with E-state index < -0.39 is 22.9 Å². The standard InChI is InChI=1S/C21H13F3N4O2/c1-30-15-7-5-12(6-8-15)18-16(10-25)19(27)28(20(29)17(18)11-26)14-4-2-3-13(9-14)21(22,23)24/h2-9H,27H2,1H3. The summed E-state index contributed by atoms with van der Waals surface area (Å²) in [4.78, 5) is 13.0. The normalized spacial score (nSPS) is 10.9. The van der Waals surface area contributed by atoms with Gasteiger partial charge in [0.1, 0.15) is 34.8 Å². The molecule has 1 heterocycles. The van der Waals surface area contributed by atoms with Crippen molar-refractivity contribution in [3.05, 3.63) is 75.6 Å². The summed E-state index contributed by atoms with van der Waals surface area (Å²) in [6.07, 6.45) is -4.65. The Kier molecular flexibility index (Phi) is 5.22. The molecule has 3 aromatic rings. The zero-order valence-electron chi connectivity index (χ0n) is 15.5. The SMILES string of the molecule is COc1ccc(-c2c(C#N)c(N)n(-c3cccc(C(F)(F)F)c3)c(=O)c2C#N)cc1. The van der Waals surface area contributed by atoms with Crippen LogP contribution in [0.4, 0.5) is 19.0 Å². The molecule has 0 saturated carbocycles. The van der Waals surface area contributed by atoms with Crippen LogP contribution in [0.2, 0.25) is 0 Å². The number of nitrogens with two attached hydrogens (primary N) is 1. The van der Waals surface area contributed by atoms with Gasteiger partial charge in [0.2, 0.25) is 0 Å². The smallest absolute Gasteiger partial charge is 0.416 e. The van der Waals surface area contributed by atoms with E-state index in [2.05, 4.69) is 0 Å². The fraction of sp³-hybridized carbons (Fsp3) is 0.0952. The zero-order chi connectivity index (χ0) is 22.1. The summed E-state index contributed by atoms with van der Waals surface area (Å²) >= 11 is 0. The van der Waals surface area contributed by atoms with Crippen molar-refractivity contribution < 1.29 is 17.9 Å². The van der Waals surface area contributed by atoms with Crippen LogP contribution in [0.15, 0.2) is 53.3 Å². The molecule has 6 nitrogen and oxygen atoms in total. The Morgan fingerprint density at radius 1 is 1.03 bits per heavy atom. The van der Waals surface area contributed by atoms with Crippen LogP contribution in [-0.4, -0.2) is 11.7 Å². The van der Waals surface area contributed by atoms with Crippen molar-refractivity contribution in [1.82, 2.24) is 4.57 Å². The van der Waals surface area contributed by atoms with Gasteiger partial charge in [0.25, 0.3) is 5.56 Å². The first-order valence-corrected chi connectivity index (χ1v) is 8.43. The fourth-order valence-corrected chi connectivity index (χ4v) is 3.03. The van der Waals surface area contributed by atoms with E-state index in [1.165, 1.54) is 13.2 Å². The number of alkyl halides is 3. The maximum absolute atomic E-state index is 13.1. The zero-order valence-corrected chi connectivity index (χ0v) is 15.5. The number of aromatic nitrogens is 1. The minimum atomic E-state index is -4.65. The van der Waals surface area contributed by atoms with Crippen molar-refractivity contribution >= 4 is 5.82 Å². The molecule has 0 aliphatic rings. The lowest BCUT2D eigenvalue weighted by atomic mass is 9.96. The molecule has 3 rings (SSSR count). The summed E-state index contributed by atoms with van der Waals surface area (Å²) in [5.41, 5.74) is 3.65. The van der Waals surface area contributed by atoms with Crippen molar-refractivity contribution in [2.45, 2.75) is 6.18 Å². The Morgan fingerprint density at radius 2 is 1.67 bits per heavy atom. The minimum absolute atomic E-state index is 0.00776. The van der Waals surface area contributed by atoms with Crippen LogP contribution in [0.3, 0.4) is 0 Å². The molecule has 150 valence electrons. The number of hydrogen-bond donors (Lipinski definition) is 1. The maximum Gasteiger partial charge on any atom is 0.416 e. The highest BCUT2D eigenvalue weighted by Crippen LogP contribution is 2.33. The van der Waals surface area contributed by atoms with Crippen LogP contribution in [0.5, 0.6) is 5.75 Å². The molecule has 0 unspecified atom stereocenters. The quantitative estimate of drug-likeness (QED) is 0.706. The van der Waals surface area contributed by atoms with E-state index in [0.717, 1.165) is 22.8 Å². The van der Waals surface area contributed by atoms with Gasteiger partial charge in [0, 0.05) is 5.56 Å². The average Bonchev–Trinajstić information content (AvgIpc) is 2.73. The number of benzene rings is 2. The average molecular weight is 410 g/mol. The predicted octanol–water partition coefficient (Wildman–Crippen LogP) is 3.86. The Labute approximate surface area is 168 Å². The van der Waals surface area contributed by atoms with Gasteiger partial charge in [-0.3, -0.25) is 9.36 Å². The third-order valence-electron chi connectivity index (χ3n) is 4.45. The first-order chi connectivity index (χ1) is 14.2. The van der Waals surface area contributed by atoms with Gasteiger partial charge in [-0.15, -0.1) is 0 Å². The molecular weight excluding hydrogens is 397 g/mol. The van der Waals surface area contributed by atoms with Gasteiger partial charge in [-0.25, -0.2) is 0 Å². The van der Waals surface area contributed by atoms with Crippen LogP contribution in [-0.2, 0) is 6.18 Å². The molecule has 0 spiro atoms. The van der Waals surface area contributed by atoms with Crippen LogP contribution in [0.1, 0.15) is 16.7 Å². The van der Waals surface area contributed by atoms with Gasteiger partial charge < -0.3 is 10.5 Å². The van der Waals surface area contributed by atoms with E-state index in [9.17, 15) is 28.5 Å². The van der Waals surface area contributed by atoms with Crippen LogP contribution in [0, 0.1) is 22.7 Å². The van der Waals surface area contributed by atoms with Gasteiger partial charge in [-0.2, -0.15) is 23.7 Å². The molecule has 0 radical (unpaired) electrons. The first-order valence-electron chi connectivity index (χ1n) is 8.43. The van der Waals surface area contributed by atoms with Crippen molar-refractivity contribution in [1.29, 1.82) is 10.5 Å². The van der Waals surface area contributed by atoms with E-state index in [1.807, 2.05) is 6.07 Å². The van der Waals surface area contributed by atoms with Gasteiger partial charge in [-0.1, -0.05) is 18.2 Å². The highest BCUT2D eigenvalue weighted by atomic mass is 19.4. The summed E-state index contributed by atoms with van der Waals surface area (Å²) in [6.45, 7) is 0. The number of nitrogens with zero attached hydrogens (tertiary/aromatic N) is 3. The third kappa shape index (κ3) is 3.45. The molecule has 0 aliphatic heterocycles. The minimum Gasteiger partial charge on any atom is -0.497 e. The third-order valence-corrected chi connectivity index (χ3v) is 4.45. The number of hydrogen-bond acceptors (Lipinski definition) is 5. The van der Waals surface area contributed by atoms with Crippen molar-refractivity contribution in [3.8, 4) is 34.7 Å². The summed E-state index contributed by atoms with van der Waals surface area (Å²) in [5, 5.41) is 19.3. The van der Waals surface area contributed by atoms with Gasteiger partial charge in [-0.05, 0) is 35.9 Å². The molecule has 2 aromatic carbocycles. The molecule has 0 bridgehead atoms. The molecule has 2 N–H and O–H groups in total.